The molecule has 0 saturated heterocycles. The Morgan fingerprint density at radius 3 is 2.25 bits per heavy atom. The molecule has 0 unspecified atom stereocenters. The molecular formula is C12H14O4. The first-order valence-electron chi connectivity index (χ1n) is 4.84. The fourth-order valence-electron chi connectivity index (χ4n) is 1.33. The summed E-state index contributed by atoms with van der Waals surface area (Å²) in [6.07, 6.45) is 0. The Morgan fingerprint density at radius 2 is 1.81 bits per heavy atom. The lowest BCUT2D eigenvalue weighted by molar-refractivity contribution is -0.142. The standard InChI is InChI=1S/C12H14O4/c1-7(13)9-6-8(4-5-10(9)14)12(2,3)11(15)16/h4-6,14H,1-3H3,(H,15,16). The Labute approximate surface area is 93.5 Å². The second kappa shape index (κ2) is 3.96. The highest BCUT2D eigenvalue weighted by atomic mass is 16.4. The van der Waals surface area contributed by atoms with E-state index >= 15 is 0 Å². The highest BCUT2D eigenvalue weighted by molar-refractivity contribution is 5.97. The third-order valence-electron chi connectivity index (χ3n) is 2.63. The van der Waals surface area contributed by atoms with Gasteiger partial charge >= 0.3 is 5.97 Å². The van der Waals surface area contributed by atoms with E-state index in [0.29, 0.717) is 5.56 Å². The highest BCUT2D eigenvalue weighted by Crippen LogP contribution is 2.28. The van der Waals surface area contributed by atoms with Crippen LogP contribution in [0.5, 0.6) is 5.75 Å². The molecule has 0 radical (unpaired) electrons. The van der Waals surface area contributed by atoms with Crippen molar-refractivity contribution in [1.82, 2.24) is 0 Å². The fourth-order valence-corrected chi connectivity index (χ4v) is 1.33. The van der Waals surface area contributed by atoms with Crippen molar-refractivity contribution in [3.05, 3.63) is 29.3 Å². The van der Waals surface area contributed by atoms with E-state index in [2.05, 4.69) is 0 Å². The van der Waals surface area contributed by atoms with Gasteiger partial charge in [-0.15, -0.1) is 0 Å². The summed E-state index contributed by atoms with van der Waals surface area (Å²) in [5, 5.41) is 18.5. The minimum atomic E-state index is -1.09. The van der Waals surface area contributed by atoms with Gasteiger partial charge in [-0.1, -0.05) is 6.07 Å². The summed E-state index contributed by atoms with van der Waals surface area (Å²) >= 11 is 0. The van der Waals surface area contributed by atoms with Gasteiger partial charge in [0.25, 0.3) is 0 Å². The Hall–Kier alpha value is -1.84. The summed E-state index contributed by atoms with van der Waals surface area (Å²) in [7, 11) is 0. The molecule has 1 aromatic rings. The zero-order chi connectivity index (χ0) is 12.5. The number of rotatable bonds is 3. The Morgan fingerprint density at radius 1 is 1.25 bits per heavy atom. The van der Waals surface area contributed by atoms with Gasteiger partial charge in [0.2, 0.25) is 0 Å². The van der Waals surface area contributed by atoms with Crippen molar-refractivity contribution in [1.29, 1.82) is 0 Å². The molecule has 0 fully saturated rings. The molecular weight excluding hydrogens is 208 g/mol. The van der Waals surface area contributed by atoms with E-state index in [1.165, 1.54) is 25.1 Å². The monoisotopic (exact) mass is 222 g/mol. The molecule has 2 N–H and O–H groups in total. The number of carboxylic acid groups (broad SMARTS) is 1. The molecule has 1 rings (SSSR count). The summed E-state index contributed by atoms with van der Waals surface area (Å²) in [6, 6.07) is 4.28. The molecule has 0 aromatic heterocycles. The largest absolute Gasteiger partial charge is 0.507 e. The highest BCUT2D eigenvalue weighted by Gasteiger charge is 2.30. The van der Waals surface area contributed by atoms with Gasteiger partial charge in [-0.3, -0.25) is 9.59 Å². The van der Waals surface area contributed by atoms with Crippen LogP contribution in [0.15, 0.2) is 18.2 Å². The zero-order valence-corrected chi connectivity index (χ0v) is 9.44. The Balaban J connectivity index is 3.33. The second-order valence-electron chi connectivity index (χ2n) is 4.22. The molecule has 1 aromatic carbocycles. The van der Waals surface area contributed by atoms with Gasteiger partial charge in [-0.2, -0.15) is 0 Å². The van der Waals surface area contributed by atoms with Gasteiger partial charge in [0, 0.05) is 0 Å². The fraction of sp³-hybridized carbons (Fsp3) is 0.333. The lowest BCUT2D eigenvalue weighted by Crippen LogP contribution is -2.28. The first-order chi connectivity index (χ1) is 7.26. The summed E-state index contributed by atoms with van der Waals surface area (Å²) < 4.78 is 0. The number of hydrogen-bond donors (Lipinski definition) is 2. The number of ketones is 1. The van der Waals surface area contributed by atoms with Crippen LogP contribution in [-0.4, -0.2) is 22.0 Å². The predicted octanol–water partition coefficient (Wildman–Crippen LogP) is 1.96. The zero-order valence-electron chi connectivity index (χ0n) is 9.44. The molecule has 0 amide bonds. The van der Waals surface area contributed by atoms with Gasteiger partial charge in [0.15, 0.2) is 5.78 Å². The summed E-state index contributed by atoms with van der Waals surface area (Å²) in [5.41, 5.74) is -0.451. The molecule has 4 heteroatoms. The molecule has 0 spiro atoms. The van der Waals surface area contributed by atoms with Crippen LogP contribution < -0.4 is 0 Å². The van der Waals surface area contributed by atoms with E-state index in [0.717, 1.165) is 0 Å². The quantitative estimate of drug-likeness (QED) is 0.766. The van der Waals surface area contributed by atoms with Gasteiger partial charge in [0.1, 0.15) is 5.75 Å². The molecule has 0 aliphatic rings. The van der Waals surface area contributed by atoms with Gasteiger partial charge in [-0.05, 0) is 38.5 Å². The lowest BCUT2D eigenvalue weighted by Gasteiger charge is -2.20. The molecule has 0 aliphatic carbocycles. The second-order valence-corrected chi connectivity index (χ2v) is 4.22. The normalized spacial score (nSPS) is 11.2. The van der Waals surface area contributed by atoms with Gasteiger partial charge < -0.3 is 10.2 Å². The smallest absolute Gasteiger partial charge is 0.313 e. The molecule has 4 nitrogen and oxygen atoms in total. The van der Waals surface area contributed by atoms with Crippen LogP contribution in [0.2, 0.25) is 0 Å². The van der Waals surface area contributed by atoms with E-state index < -0.39 is 11.4 Å². The van der Waals surface area contributed by atoms with E-state index in [1.54, 1.807) is 13.8 Å². The first-order valence-corrected chi connectivity index (χ1v) is 4.84. The van der Waals surface area contributed by atoms with Gasteiger partial charge in [0.05, 0.1) is 11.0 Å². The number of hydrogen-bond acceptors (Lipinski definition) is 3. The van der Waals surface area contributed by atoms with Crippen LogP contribution >= 0.6 is 0 Å². The molecule has 0 saturated carbocycles. The maximum Gasteiger partial charge on any atom is 0.313 e. The molecule has 0 aliphatic heterocycles. The lowest BCUT2D eigenvalue weighted by atomic mass is 9.83. The number of phenols is 1. The first kappa shape index (κ1) is 12.2. The van der Waals surface area contributed by atoms with Crippen molar-refractivity contribution < 1.29 is 19.8 Å². The van der Waals surface area contributed by atoms with Crippen LogP contribution in [0.4, 0.5) is 0 Å². The van der Waals surface area contributed by atoms with Crippen LogP contribution in [0.25, 0.3) is 0 Å². The number of carboxylic acids is 1. The summed E-state index contributed by atoms with van der Waals surface area (Å²) in [6.45, 7) is 4.42. The maximum atomic E-state index is 11.2. The van der Waals surface area contributed by atoms with Crippen molar-refractivity contribution in [3.8, 4) is 5.75 Å². The Kier molecular flexibility index (Phi) is 3.03. The van der Waals surface area contributed by atoms with Crippen LogP contribution in [0.3, 0.4) is 0 Å². The average Bonchev–Trinajstić information content (AvgIpc) is 2.17. The van der Waals surface area contributed by atoms with Crippen molar-refractivity contribution >= 4 is 11.8 Å². The maximum absolute atomic E-state index is 11.2. The van der Waals surface area contributed by atoms with E-state index in [1.807, 2.05) is 0 Å². The van der Waals surface area contributed by atoms with Crippen LogP contribution in [-0.2, 0) is 10.2 Å². The third-order valence-corrected chi connectivity index (χ3v) is 2.63. The van der Waals surface area contributed by atoms with Crippen LogP contribution in [0.1, 0.15) is 36.7 Å². The molecule has 0 atom stereocenters. The van der Waals surface area contributed by atoms with E-state index in [-0.39, 0.29) is 17.1 Å². The number of carbonyl (C=O) groups excluding carboxylic acids is 1. The van der Waals surface area contributed by atoms with E-state index in [9.17, 15) is 14.7 Å². The number of phenolic OH excluding ortho intramolecular Hbond substituents is 1. The third kappa shape index (κ3) is 2.05. The Bertz CT molecular complexity index is 446. The number of aliphatic carboxylic acids is 1. The molecule has 16 heavy (non-hydrogen) atoms. The number of aromatic hydroxyl groups is 1. The average molecular weight is 222 g/mol. The van der Waals surface area contributed by atoms with Crippen LogP contribution in [0, 0.1) is 0 Å². The number of carbonyl (C=O) groups is 2. The van der Waals surface area contributed by atoms with Gasteiger partial charge in [-0.25, -0.2) is 0 Å². The summed E-state index contributed by atoms with van der Waals surface area (Å²) in [5.74, 6) is -1.40. The predicted molar refractivity (Wildman–Crippen MR) is 58.8 cm³/mol. The molecule has 86 valence electrons. The van der Waals surface area contributed by atoms with Crippen molar-refractivity contribution in [2.24, 2.45) is 0 Å². The van der Waals surface area contributed by atoms with Crippen molar-refractivity contribution in [3.63, 3.8) is 0 Å². The minimum Gasteiger partial charge on any atom is -0.507 e. The van der Waals surface area contributed by atoms with Crippen molar-refractivity contribution in [2.75, 3.05) is 0 Å². The minimum absolute atomic E-state index is 0.127. The van der Waals surface area contributed by atoms with Crippen molar-refractivity contribution in [2.45, 2.75) is 26.2 Å². The SMILES string of the molecule is CC(=O)c1cc(C(C)(C)C(=O)O)ccc1O. The topological polar surface area (TPSA) is 74.6 Å². The molecule has 0 heterocycles. The number of Topliss-reactive ketones (excluding diaryl/α,β-unsaturated/α-hetero) is 1. The number of benzene rings is 1. The molecule has 0 bridgehead atoms. The van der Waals surface area contributed by atoms with E-state index in [4.69, 9.17) is 5.11 Å². The summed E-state index contributed by atoms with van der Waals surface area (Å²) in [4.78, 5) is 22.2.